The average molecular weight is 178 g/mol. The third kappa shape index (κ3) is 5.94. The Bertz CT molecular complexity index is 136. The third-order valence-corrected chi connectivity index (χ3v) is 1.05. The Hall–Kier alpha value is -0.810. The van der Waals surface area contributed by atoms with Crippen molar-refractivity contribution in [3.8, 4) is 0 Å². The van der Waals surface area contributed by atoms with E-state index in [1.165, 1.54) is 6.92 Å². The smallest absolute Gasteiger partial charge is 0.450 e. The molecule has 2 atom stereocenters. The van der Waals surface area contributed by atoms with Crippen molar-refractivity contribution < 1.29 is 24.1 Å². The summed E-state index contributed by atoms with van der Waals surface area (Å²) >= 11 is 0. The molecule has 0 aromatic carbocycles. The molecule has 72 valence electrons. The summed E-state index contributed by atoms with van der Waals surface area (Å²) in [5, 5.41) is 8.18. The van der Waals surface area contributed by atoms with E-state index in [0.717, 1.165) is 0 Å². The van der Waals surface area contributed by atoms with Gasteiger partial charge in [-0.1, -0.05) is 0 Å². The fraction of sp³-hybridized carbons (Fsp3) is 0.857. The van der Waals surface area contributed by atoms with Crippen molar-refractivity contribution in [1.82, 2.24) is 0 Å². The second-order valence-electron chi connectivity index (χ2n) is 2.11. The maximum atomic E-state index is 10.0. The summed E-state index contributed by atoms with van der Waals surface area (Å²) < 4.78 is 14.3. The van der Waals surface area contributed by atoms with E-state index in [4.69, 9.17) is 14.6 Å². The van der Waals surface area contributed by atoms with Gasteiger partial charge in [0.2, 0.25) is 6.29 Å². The van der Waals surface area contributed by atoms with Crippen LogP contribution in [0, 0.1) is 0 Å². The lowest BCUT2D eigenvalue weighted by atomic mass is 10.7. The molecule has 1 N–H and O–H groups in total. The lowest BCUT2D eigenvalue weighted by molar-refractivity contribution is -0.214. The fourth-order valence-corrected chi connectivity index (χ4v) is 0.714. The predicted molar refractivity (Wildman–Crippen MR) is 40.7 cm³/mol. The van der Waals surface area contributed by atoms with Crippen LogP contribution in [-0.4, -0.2) is 30.4 Å². The van der Waals surface area contributed by atoms with Crippen molar-refractivity contribution in [2.24, 2.45) is 0 Å². The summed E-state index contributed by atoms with van der Waals surface area (Å²) in [6.07, 6.45) is -2.61. The summed E-state index contributed by atoms with van der Waals surface area (Å²) in [5.74, 6) is 0. The maximum absolute atomic E-state index is 10.0. The van der Waals surface area contributed by atoms with Crippen LogP contribution in [0.2, 0.25) is 0 Å². The van der Waals surface area contributed by atoms with Crippen molar-refractivity contribution in [3.05, 3.63) is 0 Å². The second kappa shape index (κ2) is 5.79. The van der Waals surface area contributed by atoms with Gasteiger partial charge in [-0.3, -0.25) is 0 Å². The van der Waals surface area contributed by atoms with Crippen LogP contribution in [0.15, 0.2) is 0 Å². The first-order chi connectivity index (χ1) is 5.56. The Morgan fingerprint density at radius 3 is 2.42 bits per heavy atom. The number of hydrogen-bond donors (Lipinski definition) is 1. The molecular weight excluding hydrogens is 164 g/mol. The zero-order chi connectivity index (χ0) is 9.56. The Morgan fingerprint density at radius 1 is 1.42 bits per heavy atom. The number of hydrogen-bond acceptors (Lipinski definition) is 4. The molecule has 0 saturated carbocycles. The molecule has 0 aliphatic heterocycles. The number of ether oxygens (including phenoxy) is 3. The van der Waals surface area contributed by atoms with Crippen LogP contribution < -0.4 is 0 Å². The molecule has 12 heavy (non-hydrogen) atoms. The largest absolute Gasteiger partial charge is 0.508 e. The molecule has 0 aromatic heterocycles. The Kier molecular flexibility index (Phi) is 5.40. The summed E-state index contributed by atoms with van der Waals surface area (Å²) in [6.45, 7) is 5.50. The molecule has 0 aliphatic rings. The molecule has 5 nitrogen and oxygen atoms in total. The van der Waals surface area contributed by atoms with Crippen molar-refractivity contribution in [3.63, 3.8) is 0 Å². The van der Waals surface area contributed by atoms with Crippen LogP contribution in [-0.2, 0) is 14.2 Å². The van der Waals surface area contributed by atoms with Gasteiger partial charge >= 0.3 is 6.16 Å². The second-order valence-corrected chi connectivity index (χ2v) is 2.11. The Labute approximate surface area is 71.2 Å². The molecule has 0 aliphatic carbocycles. The zero-order valence-corrected chi connectivity index (χ0v) is 7.44. The maximum Gasteiger partial charge on any atom is 0.508 e. The van der Waals surface area contributed by atoms with E-state index in [9.17, 15) is 4.79 Å². The first-order valence-corrected chi connectivity index (χ1v) is 3.73. The highest BCUT2D eigenvalue weighted by Crippen LogP contribution is 2.01. The molecule has 0 spiro atoms. The summed E-state index contributed by atoms with van der Waals surface area (Å²) in [7, 11) is 0. The van der Waals surface area contributed by atoms with Gasteiger partial charge in [0.25, 0.3) is 0 Å². The number of rotatable bonds is 5. The monoisotopic (exact) mass is 178 g/mol. The molecule has 0 heterocycles. The van der Waals surface area contributed by atoms with Crippen LogP contribution in [0.3, 0.4) is 0 Å². The average Bonchev–Trinajstić information content (AvgIpc) is 1.84. The molecular formula is C7H14O5. The van der Waals surface area contributed by atoms with E-state index >= 15 is 0 Å². The molecule has 0 fully saturated rings. The van der Waals surface area contributed by atoms with Gasteiger partial charge in [0.1, 0.15) is 0 Å². The minimum Gasteiger partial charge on any atom is -0.450 e. The van der Waals surface area contributed by atoms with E-state index < -0.39 is 18.7 Å². The van der Waals surface area contributed by atoms with Gasteiger partial charge in [-0.15, -0.1) is 0 Å². The van der Waals surface area contributed by atoms with Gasteiger partial charge in [0, 0.05) is 6.61 Å². The van der Waals surface area contributed by atoms with Gasteiger partial charge in [0.15, 0.2) is 6.29 Å². The van der Waals surface area contributed by atoms with E-state index in [-0.39, 0.29) is 0 Å². The van der Waals surface area contributed by atoms with E-state index in [0.29, 0.717) is 6.61 Å². The minimum atomic E-state index is -1.36. The Balaban J connectivity index is 3.53. The minimum absolute atomic E-state index is 0.454. The van der Waals surface area contributed by atoms with Gasteiger partial charge < -0.3 is 19.3 Å². The fourth-order valence-electron chi connectivity index (χ4n) is 0.714. The van der Waals surface area contributed by atoms with Crippen LogP contribution in [0.1, 0.15) is 20.8 Å². The number of carbonyl (C=O) groups is 1. The highest BCUT2D eigenvalue weighted by molar-refractivity contribution is 5.56. The van der Waals surface area contributed by atoms with E-state index in [1.54, 1.807) is 6.92 Å². The molecule has 0 bridgehead atoms. The summed E-state index contributed by atoms with van der Waals surface area (Å²) in [6, 6.07) is 0. The molecule has 0 radical (unpaired) electrons. The van der Waals surface area contributed by atoms with Crippen molar-refractivity contribution in [2.45, 2.75) is 33.4 Å². The van der Waals surface area contributed by atoms with Gasteiger partial charge in [0.05, 0.1) is 0 Å². The van der Waals surface area contributed by atoms with Crippen molar-refractivity contribution in [2.75, 3.05) is 6.61 Å². The molecule has 2 unspecified atom stereocenters. The standard InChI is InChI=1S/C7H14O5/c1-4-10-5(2)11-6(3)12-7(8)9/h5-6H,4H2,1-3H3,(H,8,9). The first kappa shape index (κ1) is 11.2. The SMILES string of the molecule is CCOC(C)OC(C)OC(=O)O. The highest BCUT2D eigenvalue weighted by atomic mass is 16.8. The lowest BCUT2D eigenvalue weighted by Gasteiger charge is -2.17. The number of carboxylic acid groups (broad SMARTS) is 1. The van der Waals surface area contributed by atoms with E-state index in [1.807, 2.05) is 6.92 Å². The topological polar surface area (TPSA) is 65.0 Å². The quantitative estimate of drug-likeness (QED) is 0.509. The third-order valence-electron chi connectivity index (χ3n) is 1.05. The molecule has 5 heteroatoms. The van der Waals surface area contributed by atoms with Gasteiger partial charge in [-0.25, -0.2) is 4.79 Å². The van der Waals surface area contributed by atoms with Crippen LogP contribution in [0.5, 0.6) is 0 Å². The molecule has 0 aromatic rings. The van der Waals surface area contributed by atoms with Crippen LogP contribution in [0.4, 0.5) is 4.79 Å². The zero-order valence-electron chi connectivity index (χ0n) is 7.44. The van der Waals surface area contributed by atoms with Crippen LogP contribution in [0.25, 0.3) is 0 Å². The van der Waals surface area contributed by atoms with E-state index in [2.05, 4.69) is 4.74 Å². The first-order valence-electron chi connectivity index (χ1n) is 3.73. The summed E-state index contributed by atoms with van der Waals surface area (Å²) in [5.41, 5.74) is 0. The summed E-state index contributed by atoms with van der Waals surface area (Å²) in [4.78, 5) is 10.0. The Morgan fingerprint density at radius 2 is 2.00 bits per heavy atom. The lowest BCUT2D eigenvalue weighted by Crippen LogP contribution is -2.24. The normalized spacial score (nSPS) is 15.2. The van der Waals surface area contributed by atoms with Crippen molar-refractivity contribution in [1.29, 1.82) is 0 Å². The molecule has 0 saturated heterocycles. The predicted octanol–water partition coefficient (Wildman–Crippen LogP) is 1.43. The molecule has 0 amide bonds. The van der Waals surface area contributed by atoms with Gasteiger partial charge in [-0.05, 0) is 20.8 Å². The molecule has 0 rings (SSSR count). The van der Waals surface area contributed by atoms with Gasteiger partial charge in [-0.2, -0.15) is 0 Å². The highest BCUT2D eigenvalue weighted by Gasteiger charge is 2.11. The van der Waals surface area contributed by atoms with Crippen LogP contribution >= 0.6 is 0 Å². The van der Waals surface area contributed by atoms with Crippen molar-refractivity contribution >= 4 is 6.16 Å².